The van der Waals surface area contributed by atoms with E-state index in [1.165, 1.54) is 24.6 Å². The number of benzene rings is 1. The molecule has 0 bridgehead atoms. The molecule has 1 saturated heterocycles. The number of rotatable bonds is 1. The van der Waals surface area contributed by atoms with Gasteiger partial charge in [-0.1, -0.05) is 25.3 Å². The summed E-state index contributed by atoms with van der Waals surface area (Å²) in [6.07, 6.45) is 5.43. The molecule has 5 heteroatoms. The molecule has 1 aliphatic carbocycles. The molecular weight excluding hydrogens is 268 g/mol. The SMILES string of the molecule is O=C(c1c(O)cccc1O)N1CCNCC12CCCCC2. The number of carbonyl (C=O) groups excluding carboxylic acids is 1. The largest absolute Gasteiger partial charge is 0.507 e. The van der Waals surface area contributed by atoms with Gasteiger partial charge in [-0.05, 0) is 25.0 Å². The highest BCUT2D eigenvalue weighted by molar-refractivity contribution is 6.00. The third-order valence-corrected chi connectivity index (χ3v) is 4.80. The van der Waals surface area contributed by atoms with Gasteiger partial charge in [-0.25, -0.2) is 0 Å². The predicted octanol–water partition coefficient (Wildman–Crippen LogP) is 1.85. The van der Waals surface area contributed by atoms with E-state index in [-0.39, 0.29) is 28.5 Å². The number of hydrogen-bond donors (Lipinski definition) is 3. The summed E-state index contributed by atoms with van der Waals surface area (Å²) in [5.74, 6) is -0.553. The number of carbonyl (C=O) groups is 1. The Morgan fingerprint density at radius 3 is 2.48 bits per heavy atom. The van der Waals surface area contributed by atoms with E-state index in [1.54, 1.807) is 0 Å². The van der Waals surface area contributed by atoms with Crippen LogP contribution in [0.5, 0.6) is 11.5 Å². The van der Waals surface area contributed by atoms with Crippen LogP contribution in [0.3, 0.4) is 0 Å². The predicted molar refractivity (Wildman–Crippen MR) is 79.5 cm³/mol. The van der Waals surface area contributed by atoms with Crippen molar-refractivity contribution in [1.82, 2.24) is 10.2 Å². The van der Waals surface area contributed by atoms with E-state index in [4.69, 9.17) is 0 Å². The van der Waals surface area contributed by atoms with E-state index < -0.39 is 0 Å². The van der Waals surface area contributed by atoms with Crippen LogP contribution in [0.4, 0.5) is 0 Å². The number of phenols is 2. The summed E-state index contributed by atoms with van der Waals surface area (Å²) >= 11 is 0. The van der Waals surface area contributed by atoms with Gasteiger partial charge < -0.3 is 20.4 Å². The minimum Gasteiger partial charge on any atom is -0.507 e. The second kappa shape index (κ2) is 5.56. The Labute approximate surface area is 124 Å². The first kappa shape index (κ1) is 14.2. The second-order valence-corrected chi connectivity index (χ2v) is 6.09. The van der Waals surface area contributed by atoms with Crippen molar-refractivity contribution in [1.29, 1.82) is 0 Å². The fourth-order valence-electron chi connectivity index (χ4n) is 3.70. The van der Waals surface area contributed by atoms with Crippen molar-refractivity contribution >= 4 is 5.91 Å². The first-order chi connectivity index (χ1) is 10.1. The van der Waals surface area contributed by atoms with Crippen molar-refractivity contribution in [3.63, 3.8) is 0 Å². The van der Waals surface area contributed by atoms with Crippen LogP contribution in [0, 0.1) is 0 Å². The first-order valence-electron chi connectivity index (χ1n) is 7.68. The Kier molecular flexibility index (Phi) is 3.76. The van der Waals surface area contributed by atoms with Gasteiger partial charge in [0, 0.05) is 19.6 Å². The molecule has 0 unspecified atom stereocenters. The van der Waals surface area contributed by atoms with E-state index in [1.807, 2.05) is 4.90 Å². The molecule has 0 aromatic heterocycles. The molecule has 0 radical (unpaired) electrons. The summed E-state index contributed by atoms with van der Waals surface area (Å²) < 4.78 is 0. The van der Waals surface area contributed by atoms with Gasteiger partial charge in [0.15, 0.2) is 0 Å². The highest BCUT2D eigenvalue weighted by Gasteiger charge is 2.43. The van der Waals surface area contributed by atoms with Crippen molar-refractivity contribution in [3.8, 4) is 11.5 Å². The van der Waals surface area contributed by atoms with Crippen LogP contribution in [-0.4, -0.2) is 46.2 Å². The Balaban J connectivity index is 1.95. The van der Waals surface area contributed by atoms with Gasteiger partial charge in [0.05, 0.1) is 5.54 Å². The zero-order chi connectivity index (χ0) is 14.9. The minimum absolute atomic E-state index is 0.0318. The van der Waals surface area contributed by atoms with Crippen molar-refractivity contribution in [2.45, 2.75) is 37.6 Å². The van der Waals surface area contributed by atoms with Crippen LogP contribution < -0.4 is 5.32 Å². The molecule has 2 aliphatic rings. The maximum atomic E-state index is 12.9. The lowest BCUT2D eigenvalue weighted by Crippen LogP contribution is -2.63. The molecule has 2 fully saturated rings. The fourth-order valence-corrected chi connectivity index (χ4v) is 3.70. The van der Waals surface area contributed by atoms with Gasteiger partial charge in [0.2, 0.25) is 0 Å². The summed E-state index contributed by atoms with van der Waals surface area (Å²) in [5.41, 5.74) is -0.133. The lowest BCUT2D eigenvalue weighted by Gasteiger charge is -2.49. The van der Waals surface area contributed by atoms with Gasteiger partial charge in [-0.2, -0.15) is 0 Å². The molecule has 3 rings (SSSR count). The molecule has 114 valence electrons. The summed E-state index contributed by atoms with van der Waals surface area (Å²) in [6.45, 7) is 2.17. The number of phenolic OH excluding ortho intramolecular Hbond substituents is 2. The fraction of sp³-hybridized carbons (Fsp3) is 0.562. The van der Waals surface area contributed by atoms with Crippen LogP contribution in [-0.2, 0) is 0 Å². The Morgan fingerprint density at radius 2 is 1.81 bits per heavy atom. The smallest absolute Gasteiger partial charge is 0.261 e. The third kappa shape index (κ3) is 2.46. The Hall–Kier alpha value is -1.75. The number of nitrogens with one attached hydrogen (secondary N) is 1. The molecule has 0 atom stereocenters. The average molecular weight is 290 g/mol. The molecule has 5 nitrogen and oxygen atoms in total. The van der Waals surface area contributed by atoms with Crippen molar-refractivity contribution in [3.05, 3.63) is 23.8 Å². The Bertz CT molecular complexity index is 510. The average Bonchev–Trinajstić information content (AvgIpc) is 2.48. The molecular formula is C16H22N2O3. The Morgan fingerprint density at radius 1 is 1.14 bits per heavy atom. The van der Waals surface area contributed by atoms with Crippen LogP contribution in [0.15, 0.2) is 18.2 Å². The van der Waals surface area contributed by atoms with Gasteiger partial charge in [-0.15, -0.1) is 0 Å². The quantitative estimate of drug-likeness (QED) is 0.738. The molecule has 1 saturated carbocycles. The van der Waals surface area contributed by atoms with Crippen molar-refractivity contribution in [2.75, 3.05) is 19.6 Å². The highest BCUT2D eigenvalue weighted by Crippen LogP contribution is 2.37. The number of nitrogens with zero attached hydrogens (tertiary/aromatic N) is 1. The zero-order valence-corrected chi connectivity index (χ0v) is 12.1. The van der Waals surface area contributed by atoms with Crippen LogP contribution >= 0.6 is 0 Å². The van der Waals surface area contributed by atoms with Crippen LogP contribution in [0.2, 0.25) is 0 Å². The summed E-state index contributed by atoms with van der Waals surface area (Å²) in [6, 6.07) is 4.43. The van der Waals surface area contributed by atoms with Gasteiger partial charge in [0.1, 0.15) is 17.1 Å². The standard InChI is InChI=1S/C16H22N2O3/c19-12-5-4-6-13(20)14(12)15(21)18-10-9-17-11-16(18)7-2-1-3-8-16/h4-6,17,19-20H,1-3,7-11H2. The molecule has 3 N–H and O–H groups in total. The number of piperazine rings is 1. The lowest BCUT2D eigenvalue weighted by molar-refractivity contribution is 0.0218. The maximum Gasteiger partial charge on any atom is 0.261 e. The molecule has 21 heavy (non-hydrogen) atoms. The van der Waals surface area contributed by atoms with Crippen molar-refractivity contribution < 1.29 is 15.0 Å². The molecule has 1 heterocycles. The van der Waals surface area contributed by atoms with Gasteiger partial charge >= 0.3 is 0 Å². The second-order valence-electron chi connectivity index (χ2n) is 6.09. The van der Waals surface area contributed by atoms with Gasteiger partial charge in [0.25, 0.3) is 5.91 Å². The molecule has 1 amide bonds. The van der Waals surface area contributed by atoms with E-state index in [2.05, 4.69) is 5.32 Å². The van der Waals surface area contributed by atoms with Gasteiger partial charge in [-0.3, -0.25) is 4.79 Å². The monoisotopic (exact) mass is 290 g/mol. The van der Waals surface area contributed by atoms with Crippen molar-refractivity contribution in [2.24, 2.45) is 0 Å². The van der Waals surface area contributed by atoms with Crippen LogP contribution in [0.1, 0.15) is 42.5 Å². The maximum absolute atomic E-state index is 12.9. The highest BCUT2D eigenvalue weighted by atomic mass is 16.3. The summed E-state index contributed by atoms with van der Waals surface area (Å²) in [5, 5.41) is 23.3. The minimum atomic E-state index is -0.256. The first-order valence-corrected chi connectivity index (χ1v) is 7.68. The zero-order valence-electron chi connectivity index (χ0n) is 12.1. The molecule has 1 aromatic carbocycles. The molecule has 1 spiro atoms. The van der Waals surface area contributed by atoms with E-state index in [0.717, 1.165) is 38.8 Å². The van der Waals surface area contributed by atoms with E-state index >= 15 is 0 Å². The number of aromatic hydroxyl groups is 2. The third-order valence-electron chi connectivity index (χ3n) is 4.80. The lowest BCUT2D eigenvalue weighted by atomic mass is 9.78. The number of hydrogen-bond acceptors (Lipinski definition) is 4. The molecule has 1 aromatic rings. The molecule has 1 aliphatic heterocycles. The topological polar surface area (TPSA) is 72.8 Å². The van der Waals surface area contributed by atoms with Crippen LogP contribution in [0.25, 0.3) is 0 Å². The number of amides is 1. The van der Waals surface area contributed by atoms with E-state index in [0.29, 0.717) is 6.54 Å². The normalized spacial score (nSPS) is 21.4. The summed E-state index contributed by atoms with van der Waals surface area (Å²) in [4.78, 5) is 14.8. The van der Waals surface area contributed by atoms with E-state index in [9.17, 15) is 15.0 Å². The summed E-state index contributed by atoms with van der Waals surface area (Å²) in [7, 11) is 0.